The standard InChI is InChI=1S/C62H115NO5/c1-4-7-10-13-16-19-22-25-28-30-33-35-38-41-44-47-50-53-58(68-62(67)55-52-49-46-43-40-37-34-31-29-26-23-20-17-14-11-8-5-2)56-61(66)63-59(57-64)60(65)54-51-48-45-42-39-36-32-27-24-21-18-15-12-9-6-3/h17,20,26,29,34,37,43,46,58-60,64-65H,4-16,18-19,21-25,27-28,30-33,35-36,38-42,44-45,47-57H2,1-3H3,(H,63,66)/b20-17-,29-26-,37-34-,46-43-. The summed E-state index contributed by atoms with van der Waals surface area (Å²) >= 11 is 0. The summed E-state index contributed by atoms with van der Waals surface area (Å²) in [5.41, 5.74) is 0. The maximum Gasteiger partial charge on any atom is 0.306 e. The van der Waals surface area contributed by atoms with Crippen molar-refractivity contribution in [1.29, 1.82) is 0 Å². The monoisotopic (exact) mass is 954 g/mol. The zero-order valence-electron chi connectivity index (χ0n) is 45.5. The van der Waals surface area contributed by atoms with Gasteiger partial charge in [-0.05, 0) is 64.2 Å². The largest absolute Gasteiger partial charge is 0.462 e. The van der Waals surface area contributed by atoms with Gasteiger partial charge in [-0.25, -0.2) is 0 Å². The van der Waals surface area contributed by atoms with Crippen LogP contribution in [0.3, 0.4) is 0 Å². The van der Waals surface area contributed by atoms with Gasteiger partial charge < -0.3 is 20.3 Å². The molecule has 0 rings (SSSR count). The molecule has 3 N–H and O–H groups in total. The van der Waals surface area contributed by atoms with Gasteiger partial charge in [0.1, 0.15) is 6.10 Å². The van der Waals surface area contributed by atoms with Crippen LogP contribution in [0.4, 0.5) is 0 Å². The van der Waals surface area contributed by atoms with Crippen LogP contribution < -0.4 is 5.32 Å². The molecule has 3 unspecified atom stereocenters. The molecule has 0 saturated heterocycles. The lowest BCUT2D eigenvalue weighted by atomic mass is 10.0. The fourth-order valence-corrected chi connectivity index (χ4v) is 9.13. The number of carbonyl (C=O) groups excluding carboxylic acids is 2. The highest BCUT2D eigenvalue weighted by Crippen LogP contribution is 2.19. The molecule has 0 fully saturated rings. The number of esters is 1. The summed E-state index contributed by atoms with van der Waals surface area (Å²) in [4.78, 5) is 26.3. The lowest BCUT2D eigenvalue weighted by molar-refractivity contribution is -0.151. The molecule has 6 heteroatoms. The predicted octanol–water partition coefficient (Wildman–Crippen LogP) is 18.6. The smallest absolute Gasteiger partial charge is 0.306 e. The van der Waals surface area contributed by atoms with Crippen molar-refractivity contribution in [3.63, 3.8) is 0 Å². The highest BCUT2D eigenvalue weighted by molar-refractivity contribution is 5.77. The second-order valence-electron chi connectivity index (χ2n) is 20.4. The summed E-state index contributed by atoms with van der Waals surface area (Å²) in [6, 6.07) is -0.712. The van der Waals surface area contributed by atoms with E-state index in [-0.39, 0.29) is 24.9 Å². The molecule has 1 amide bonds. The maximum absolute atomic E-state index is 13.3. The Balaban J connectivity index is 4.61. The average Bonchev–Trinajstić information content (AvgIpc) is 3.33. The second-order valence-corrected chi connectivity index (χ2v) is 20.4. The minimum atomic E-state index is -0.796. The first kappa shape index (κ1) is 65.8. The SMILES string of the molecule is CCCCC/C=C\C/C=C\C/C=C\C/C=C\CCCC(=O)OC(CCCCCCCCCCCCCCCCCCC)CC(=O)NC(CO)C(O)CCCCCCCCCCCCCCCCC. The van der Waals surface area contributed by atoms with Gasteiger partial charge in [-0.1, -0.05) is 281 Å². The van der Waals surface area contributed by atoms with Gasteiger partial charge in [0.25, 0.3) is 0 Å². The summed E-state index contributed by atoms with van der Waals surface area (Å²) in [6.07, 6.45) is 68.9. The van der Waals surface area contributed by atoms with Gasteiger partial charge in [0.15, 0.2) is 0 Å². The van der Waals surface area contributed by atoms with Crippen LogP contribution in [0.5, 0.6) is 0 Å². The van der Waals surface area contributed by atoms with Crippen molar-refractivity contribution < 1.29 is 24.5 Å². The number of ether oxygens (including phenoxy) is 1. The van der Waals surface area contributed by atoms with Gasteiger partial charge in [-0.3, -0.25) is 9.59 Å². The summed E-state index contributed by atoms with van der Waals surface area (Å²) in [7, 11) is 0. The Kier molecular flexibility index (Phi) is 54.0. The van der Waals surface area contributed by atoms with Crippen molar-refractivity contribution in [3.8, 4) is 0 Å². The van der Waals surface area contributed by atoms with Gasteiger partial charge >= 0.3 is 5.97 Å². The molecule has 0 aromatic rings. The third-order valence-corrected chi connectivity index (χ3v) is 13.7. The van der Waals surface area contributed by atoms with Crippen molar-refractivity contribution >= 4 is 11.9 Å². The van der Waals surface area contributed by atoms with Crippen LogP contribution in [0.15, 0.2) is 48.6 Å². The summed E-state index contributed by atoms with van der Waals surface area (Å²) in [5.74, 6) is -0.525. The fraction of sp³-hybridized carbons (Fsp3) is 0.839. The Morgan fingerprint density at radius 3 is 1.13 bits per heavy atom. The normalized spacial score (nSPS) is 13.4. The molecule has 0 aromatic carbocycles. The van der Waals surface area contributed by atoms with E-state index >= 15 is 0 Å². The van der Waals surface area contributed by atoms with E-state index in [4.69, 9.17) is 4.74 Å². The average molecular weight is 955 g/mol. The number of unbranched alkanes of at least 4 members (excludes halogenated alkanes) is 34. The molecule has 0 bridgehead atoms. The highest BCUT2D eigenvalue weighted by atomic mass is 16.5. The Hall–Kier alpha value is -2.18. The number of rotatable bonds is 54. The Morgan fingerprint density at radius 2 is 0.750 bits per heavy atom. The molecule has 6 nitrogen and oxygen atoms in total. The van der Waals surface area contributed by atoms with Crippen molar-refractivity contribution in [2.45, 2.75) is 328 Å². The minimum Gasteiger partial charge on any atom is -0.462 e. The van der Waals surface area contributed by atoms with Crippen molar-refractivity contribution in [1.82, 2.24) is 5.32 Å². The van der Waals surface area contributed by atoms with Gasteiger partial charge in [0.05, 0.1) is 25.2 Å². The maximum atomic E-state index is 13.3. The number of aliphatic hydroxyl groups excluding tert-OH is 2. The minimum absolute atomic E-state index is 0.0595. The fourth-order valence-electron chi connectivity index (χ4n) is 9.13. The lowest BCUT2D eigenvalue weighted by Gasteiger charge is -2.24. The van der Waals surface area contributed by atoms with Crippen molar-refractivity contribution in [2.75, 3.05) is 6.61 Å². The van der Waals surface area contributed by atoms with Gasteiger partial charge in [-0.2, -0.15) is 0 Å². The van der Waals surface area contributed by atoms with Crippen LogP contribution in [0, 0.1) is 0 Å². The van der Waals surface area contributed by atoms with E-state index in [9.17, 15) is 19.8 Å². The molecule has 0 aromatic heterocycles. The van der Waals surface area contributed by atoms with E-state index in [1.54, 1.807) is 0 Å². The number of allylic oxidation sites excluding steroid dienone is 8. The van der Waals surface area contributed by atoms with E-state index in [0.717, 1.165) is 64.2 Å². The van der Waals surface area contributed by atoms with Crippen LogP contribution >= 0.6 is 0 Å². The molecule has 0 aliphatic heterocycles. The second kappa shape index (κ2) is 55.7. The molecule has 0 saturated carbocycles. The van der Waals surface area contributed by atoms with Crippen molar-refractivity contribution in [3.05, 3.63) is 48.6 Å². The molecule has 0 aliphatic rings. The Morgan fingerprint density at radius 1 is 0.426 bits per heavy atom. The molecule has 398 valence electrons. The van der Waals surface area contributed by atoms with Crippen molar-refractivity contribution in [2.24, 2.45) is 0 Å². The first-order valence-electron chi connectivity index (χ1n) is 29.9. The molecule has 3 atom stereocenters. The third kappa shape index (κ3) is 50.2. The molecule has 0 aliphatic carbocycles. The predicted molar refractivity (Wildman–Crippen MR) is 296 cm³/mol. The van der Waals surface area contributed by atoms with Gasteiger partial charge in [0, 0.05) is 6.42 Å². The lowest BCUT2D eigenvalue weighted by Crippen LogP contribution is -2.46. The first-order chi connectivity index (χ1) is 33.5. The van der Waals surface area contributed by atoms with E-state index in [1.165, 1.54) is 193 Å². The van der Waals surface area contributed by atoms with Crippen LogP contribution in [0.25, 0.3) is 0 Å². The van der Waals surface area contributed by atoms with Crippen LogP contribution in [-0.2, 0) is 14.3 Å². The molecular weight excluding hydrogens is 839 g/mol. The Labute approximate surface area is 423 Å². The van der Waals surface area contributed by atoms with Crippen LogP contribution in [0.2, 0.25) is 0 Å². The van der Waals surface area contributed by atoms with E-state index in [0.29, 0.717) is 25.7 Å². The summed E-state index contributed by atoms with van der Waals surface area (Å²) < 4.78 is 5.94. The Bertz CT molecular complexity index is 1160. The third-order valence-electron chi connectivity index (χ3n) is 13.7. The number of nitrogens with one attached hydrogen (secondary N) is 1. The summed E-state index contributed by atoms with van der Waals surface area (Å²) in [6.45, 7) is 6.48. The van der Waals surface area contributed by atoms with E-state index in [2.05, 4.69) is 74.7 Å². The zero-order valence-corrected chi connectivity index (χ0v) is 45.5. The van der Waals surface area contributed by atoms with E-state index in [1.807, 2.05) is 0 Å². The first-order valence-corrected chi connectivity index (χ1v) is 29.9. The highest BCUT2D eigenvalue weighted by Gasteiger charge is 2.24. The zero-order chi connectivity index (χ0) is 49.5. The molecule has 0 radical (unpaired) electrons. The van der Waals surface area contributed by atoms with Gasteiger partial charge in [-0.15, -0.1) is 0 Å². The van der Waals surface area contributed by atoms with Crippen LogP contribution in [0.1, 0.15) is 310 Å². The molecule has 0 heterocycles. The van der Waals surface area contributed by atoms with Crippen LogP contribution in [-0.4, -0.2) is 46.9 Å². The summed E-state index contributed by atoms with van der Waals surface area (Å²) in [5, 5.41) is 23.9. The number of aliphatic hydroxyl groups is 2. The van der Waals surface area contributed by atoms with E-state index < -0.39 is 18.2 Å². The quantitative estimate of drug-likeness (QED) is 0.0321. The number of amides is 1. The topological polar surface area (TPSA) is 95.9 Å². The number of carbonyl (C=O) groups is 2. The molecule has 68 heavy (non-hydrogen) atoms. The van der Waals surface area contributed by atoms with Gasteiger partial charge in [0.2, 0.25) is 5.91 Å². The molecule has 0 spiro atoms. The number of hydrogen-bond donors (Lipinski definition) is 3. The molecular formula is C62H115NO5. The number of hydrogen-bond acceptors (Lipinski definition) is 5.